The highest BCUT2D eigenvalue weighted by atomic mass is 16.7. The molecular formula is C49H89N7O20. The van der Waals surface area contributed by atoms with Crippen LogP contribution in [0.15, 0.2) is 0 Å². The van der Waals surface area contributed by atoms with Crippen LogP contribution in [0.5, 0.6) is 0 Å². The lowest BCUT2D eigenvalue weighted by molar-refractivity contribution is -0.306. The molecule has 0 aromatic rings. The molecule has 3 aliphatic rings. The van der Waals surface area contributed by atoms with Gasteiger partial charge in [0.15, 0.2) is 12.6 Å². The van der Waals surface area contributed by atoms with E-state index in [9.17, 15) is 54.3 Å². The molecule has 0 bridgehead atoms. The minimum absolute atomic E-state index is 0.0763. The molecule has 440 valence electrons. The fourth-order valence-electron chi connectivity index (χ4n) is 8.19. The first-order valence-corrected chi connectivity index (χ1v) is 25.7. The Morgan fingerprint density at radius 1 is 0.539 bits per heavy atom. The van der Waals surface area contributed by atoms with Gasteiger partial charge >= 0.3 is 30.5 Å². The van der Waals surface area contributed by atoms with Crippen molar-refractivity contribution in [2.75, 3.05) is 32.8 Å². The molecule has 2 saturated heterocycles. The summed E-state index contributed by atoms with van der Waals surface area (Å²) in [6, 6.07) is -6.45. The number of carbonyl (C=O) groups excluding carboxylic acids is 6. The summed E-state index contributed by atoms with van der Waals surface area (Å²) in [6.45, 7) is 22.9. The third-order valence-corrected chi connectivity index (χ3v) is 11.1. The highest BCUT2D eigenvalue weighted by molar-refractivity contribution is 5.81. The molecule has 3 fully saturated rings. The van der Waals surface area contributed by atoms with Gasteiger partial charge in [-0.15, -0.1) is 0 Å². The van der Waals surface area contributed by atoms with E-state index in [0.29, 0.717) is 0 Å². The summed E-state index contributed by atoms with van der Waals surface area (Å²) in [5.74, 6) is -0.989. The van der Waals surface area contributed by atoms with Crippen LogP contribution in [0.3, 0.4) is 0 Å². The smallest absolute Gasteiger partial charge is 0.408 e. The summed E-state index contributed by atoms with van der Waals surface area (Å²) < 4.78 is 53.2. The highest BCUT2D eigenvalue weighted by Gasteiger charge is 2.54. The van der Waals surface area contributed by atoms with Gasteiger partial charge in [-0.1, -0.05) is 0 Å². The fourth-order valence-corrected chi connectivity index (χ4v) is 8.19. The molecule has 0 aromatic carbocycles. The largest absolute Gasteiger partial charge is 0.444 e. The maximum Gasteiger partial charge on any atom is 0.408 e. The predicted octanol–water partition coefficient (Wildman–Crippen LogP) is 1.02. The van der Waals surface area contributed by atoms with Gasteiger partial charge in [0.2, 0.25) is 5.91 Å². The van der Waals surface area contributed by atoms with Crippen molar-refractivity contribution in [2.45, 2.75) is 243 Å². The Hall–Kier alpha value is -4.58. The minimum atomic E-state index is -1.93. The standard InChI is InChI=1S/C49H89N7O20/c1-45(2,3)72-40(63)51-19-18-29(59)37(62)53-27-22-28(55-43(66)75-48(10,11)12)36(70-38-26(54-42(65)74-47(7,8)9)17-16-25(68-38)23-52-41(64)73-46(4,5)6)32(50-20-21-57)35(27)71-39-34(61)31(33(60)30(24-58)69-39)56-44(67)76-49(13,14)15/h25-36,38-39,50,57-61H,16-24H2,1-15H3,(H,51,63)(H,52,64)(H,53,62)(H,54,65)(H,55,66)(H,56,67)/t25?,26?,27-,28+,29+,30?,31+,32?,33-,34?,35+,36?,38-,39-/m1/s1. The predicted molar refractivity (Wildman–Crippen MR) is 269 cm³/mol. The number of aliphatic hydroxyl groups excluding tert-OH is 5. The molecule has 76 heavy (non-hydrogen) atoms. The van der Waals surface area contributed by atoms with Gasteiger partial charge in [0, 0.05) is 19.6 Å². The van der Waals surface area contributed by atoms with E-state index in [2.05, 4.69) is 37.2 Å². The Morgan fingerprint density at radius 3 is 1.50 bits per heavy atom. The first-order valence-electron chi connectivity index (χ1n) is 25.7. The molecular weight excluding hydrogens is 1010 g/mol. The molecule has 14 atom stereocenters. The van der Waals surface area contributed by atoms with Gasteiger partial charge in [-0.3, -0.25) is 4.79 Å². The first-order chi connectivity index (χ1) is 34.9. The van der Waals surface area contributed by atoms with Crippen LogP contribution in [-0.2, 0) is 47.4 Å². The second kappa shape index (κ2) is 27.8. The summed E-state index contributed by atoms with van der Waals surface area (Å²) in [4.78, 5) is 79.5. The zero-order chi connectivity index (χ0) is 57.7. The van der Waals surface area contributed by atoms with Crippen molar-refractivity contribution in [3.63, 3.8) is 0 Å². The van der Waals surface area contributed by atoms with Crippen LogP contribution in [0.1, 0.15) is 130 Å². The van der Waals surface area contributed by atoms with E-state index >= 15 is 0 Å². The summed E-state index contributed by atoms with van der Waals surface area (Å²) >= 11 is 0. The van der Waals surface area contributed by atoms with E-state index in [0.717, 1.165) is 0 Å². The van der Waals surface area contributed by atoms with Crippen LogP contribution < -0.4 is 37.2 Å². The molecule has 27 heteroatoms. The lowest BCUT2D eigenvalue weighted by Gasteiger charge is -2.51. The van der Waals surface area contributed by atoms with Crippen LogP contribution in [-0.4, -0.2) is 208 Å². The zero-order valence-electron chi connectivity index (χ0n) is 46.8. The molecule has 0 radical (unpaired) electrons. The Bertz CT molecular complexity index is 1900. The van der Waals surface area contributed by atoms with Crippen molar-refractivity contribution >= 4 is 36.4 Å². The Morgan fingerprint density at radius 2 is 1.00 bits per heavy atom. The average molecular weight is 1100 g/mol. The molecule has 0 spiro atoms. The number of rotatable bonds is 18. The van der Waals surface area contributed by atoms with Gasteiger partial charge in [0.25, 0.3) is 0 Å². The van der Waals surface area contributed by atoms with E-state index in [4.69, 9.17) is 42.6 Å². The number of amides is 6. The molecule has 12 N–H and O–H groups in total. The number of carbonyl (C=O) groups is 6. The Labute approximate surface area is 445 Å². The van der Waals surface area contributed by atoms with E-state index in [-0.39, 0.29) is 45.3 Å². The molecule has 1 saturated carbocycles. The highest BCUT2D eigenvalue weighted by Crippen LogP contribution is 2.34. The molecule has 1 aliphatic carbocycles. The van der Waals surface area contributed by atoms with E-state index in [1.807, 2.05) is 0 Å². The third kappa shape index (κ3) is 23.2. The maximum absolute atomic E-state index is 14.1. The van der Waals surface area contributed by atoms with Gasteiger partial charge in [0.05, 0.1) is 61.7 Å². The van der Waals surface area contributed by atoms with Crippen LogP contribution >= 0.6 is 0 Å². The van der Waals surface area contributed by atoms with Gasteiger partial charge in [-0.25, -0.2) is 24.0 Å². The van der Waals surface area contributed by atoms with Crippen LogP contribution in [0, 0.1) is 0 Å². The molecule has 6 amide bonds. The molecule has 2 heterocycles. The van der Waals surface area contributed by atoms with Gasteiger partial charge in [0.1, 0.15) is 52.4 Å². The second-order valence-electron chi connectivity index (χ2n) is 24.0. The van der Waals surface area contributed by atoms with Crippen LogP contribution in [0.2, 0.25) is 0 Å². The molecule has 2 aliphatic heterocycles. The SMILES string of the molecule is CC(C)(C)OC(=O)NCC[C@H](O)C(=O)N[C@@H]1C[C@H](NC(=O)OC(C)(C)C)C(O[C@H]2OC(CNC(=O)OC(C)(C)C)CCC2NC(=O)OC(C)(C)C)C(NCCO)[C@H]1O[C@H]1OC(CO)[C@@H](O)[C@H](NC(=O)OC(C)(C)C)C1O. The monoisotopic (exact) mass is 1100 g/mol. The summed E-state index contributed by atoms with van der Waals surface area (Å²) in [5.41, 5.74) is -4.62. The van der Waals surface area contributed by atoms with E-state index < -0.39 is 163 Å². The van der Waals surface area contributed by atoms with Crippen molar-refractivity contribution in [2.24, 2.45) is 0 Å². The number of ether oxygens (including phenoxy) is 9. The molecule has 0 aromatic heterocycles. The minimum Gasteiger partial charge on any atom is -0.444 e. The fraction of sp³-hybridized carbons (Fsp3) is 0.878. The quantitative estimate of drug-likeness (QED) is 0.0853. The van der Waals surface area contributed by atoms with E-state index in [1.54, 1.807) is 104 Å². The summed E-state index contributed by atoms with van der Waals surface area (Å²) in [5, 5.41) is 74.2. The average Bonchev–Trinajstić information content (AvgIpc) is 3.23. The summed E-state index contributed by atoms with van der Waals surface area (Å²) in [7, 11) is 0. The lowest BCUT2D eigenvalue weighted by Crippen LogP contribution is -2.73. The Balaban J connectivity index is 2.22. The number of nitrogens with one attached hydrogen (secondary N) is 7. The van der Waals surface area contributed by atoms with Crippen molar-refractivity contribution in [3.05, 3.63) is 0 Å². The normalized spacial score (nSPS) is 28.9. The zero-order valence-corrected chi connectivity index (χ0v) is 46.8. The topological polar surface area (TPSA) is 371 Å². The Kier molecular flexibility index (Phi) is 24.1. The van der Waals surface area contributed by atoms with Crippen LogP contribution in [0.25, 0.3) is 0 Å². The number of hydrogen-bond donors (Lipinski definition) is 12. The van der Waals surface area contributed by atoms with Crippen LogP contribution in [0.4, 0.5) is 24.0 Å². The number of alkyl carbamates (subject to hydrolysis) is 5. The maximum atomic E-state index is 14.1. The van der Waals surface area contributed by atoms with E-state index in [1.165, 1.54) is 0 Å². The first kappa shape index (κ1) is 65.7. The van der Waals surface area contributed by atoms with Gasteiger partial charge in [-0.2, -0.15) is 0 Å². The second-order valence-corrected chi connectivity index (χ2v) is 24.0. The summed E-state index contributed by atoms with van der Waals surface area (Å²) in [6.07, 6.45) is -18.4. The van der Waals surface area contributed by atoms with Gasteiger partial charge in [-0.05, 0) is 130 Å². The lowest BCUT2D eigenvalue weighted by atomic mass is 9.81. The van der Waals surface area contributed by atoms with Crippen molar-refractivity contribution in [1.29, 1.82) is 0 Å². The number of hydrogen-bond acceptors (Lipinski definition) is 21. The third-order valence-electron chi connectivity index (χ3n) is 11.1. The molecule has 6 unspecified atom stereocenters. The number of aliphatic hydroxyl groups is 5. The van der Waals surface area contributed by atoms with Gasteiger partial charge < -0.3 is 105 Å². The van der Waals surface area contributed by atoms with Crippen molar-refractivity contribution < 1.29 is 96.9 Å². The molecule has 3 rings (SSSR count). The van der Waals surface area contributed by atoms with Crippen molar-refractivity contribution in [1.82, 2.24) is 37.2 Å². The molecule has 27 nitrogen and oxygen atoms in total. The van der Waals surface area contributed by atoms with Crippen molar-refractivity contribution in [3.8, 4) is 0 Å².